The first-order chi connectivity index (χ1) is 14.3. The molecule has 3 rings (SSSR count). The zero-order chi connectivity index (χ0) is 21.8. The molecule has 1 aromatic heterocycles. The topological polar surface area (TPSA) is 125 Å². The maximum Gasteiger partial charge on any atom is 0.273 e. The summed E-state index contributed by atoms with van der Waals surface area (Å²) in [6.07, 6.45) is 1.54. The van der Waals surface area contributed by atoms with Crippen LogP contribution >= 0.6 is 0 Å². The Morgan fingerprint density at radius 1 is 1.23 bits per heavy atom. The molecule has 0 aliphatic carbocycles. The minimum Gasteiger partial charge on any atom is -0.494 e. The van der Waals surface area contributed by atoms with Gasteiger partial charge in [-0.25, -0.2) is 5.43 Å². The van der Waals surface area contributed by atoms with Crippen molar-refractivity contribution in [3.63, 3.8) is 0 Å². The summed E-state index contributed by atoms with van der Waals surface area (Å²) in [4.78, 5) is 22.8. The van der Waals surface area contributed by atoms with Crippen LogP contribution in [-0.4, -0.2) is 28.7 Å². The Morgan fingerprint density at radius 3 is 2.63 bits per heavy atom. The number of ether oxygens (including phenoxy) is 1. The number of nitro groups is 1. The highest BCUT2D eigenvalue weighted by atomic mass is 16.6. The van der Waals surface area contributed by atoms with E-state index in [2.05, 4.69) is 10.5 Å². The molecule has 0 aliphatic heterocycles. The number of hydrogen-bond acceptors (Lipinski definition) is 6. The number of anilines is 1. The van der Waals surface area contributed by atoms with E-state index in [1.807, 2.05) is 24.5 Å². The number of non-ortho nitro benzene ring substituents is 1. The lowest BCUT2D eigenvalue weighted by molar-refractivity contribution is -0.384. The molecule has 9 heteroatoms. The van der Waals surface area contributed by atoms with Crippen molar-refractivity contribution in [1.29, 1.82) is 0 Å². The number of amides is 1. The standard InChI is InChI=1S/C21H21N5O4/c1-13-10-15(12-23-24-21(27)17-6-4-5-7-18(17)22)14(2)25(13)19-9-8-16(26(28)29)11-20(19)30-3/h4-12H,22H2,1-3H3,(H,24,27). The number of hydrogen-bond donors (Lipinski definition) is 2. The van der Waals surface area contributed by atoms with Crippen molar-refractivity contribution in [2.45, 2.75) is 13.8 Å². The Balaban J connectivity index is 1.88. The molecule has 30 heavy (non-hydrogen) atoms. The van der Waals surface area contributed by atoms with Gasteiger partial charge in [0.2, 0.25) is 0 Å². The second-order valence-electron chi connectivity index (χ2n) is 6.56. The van der Waals surface area contributed by atoms with Crippen molar-refractivity contribution >= 4 is 23.5 Å². The number of aryl methyl sites for hydroxylation is 1. The maximum absolute atomic E-state index is 12.2. The van der Waals surface area contributed by atoms with Gasteiger partial charge >= 0.3 is 0 Å². The van der Waals surface area contributed by atoms with Gasteiger partial charge in [-0.05, 0) is 38.1 Å². The molecule has 0 saturated carbocycles. The fourth-order valence-electron chi connectivity index (χ4n) is 3.18. The summed E-state index contributed by atoms with van der Waals surface area (Å²) >= 11 is 0. The van der Waals surface area contributed by atoms with Gasteiger partial charge in [0.15, 0.2) is 0 Å². The third-order valence-electron chi connectivity index (χ3n) is 4.66. The molecule has 3 N–H and O–H groups in total. The molecule has 1 heterocycles. The van der Waals surface area contributed by atoms with E-state index in [4.69, 9.17) is 10.5 Å². The number of rotatable bonds is 6. The summed E-state index contributed by atoms with van der Waals surface area (Å²) in [5.74, 6) is -0.0301. The molecule has 3 aromatic rings. The van der Waals surface area contributed by atoms with Crippen LogP contribution in [0.5, 0.6) is 5.75 Å². The van der Waals surface area contributed by atoms with Gasteiger partial charge in [-0.2, -0.15) is 5.10 Å². The number of para-hydroxylation sites is 1. The number of carbonyl (C=O) groups is 1. The molecule has 0 spiro atoms. The van der Waals surface area contributed by atoms with Gasteiger partial charge in [-0.1, -0.05) is 12.1 Å². The Labute approximate surface area is 172 Å². The highest BCUT2D eigenvalue weighted by Gasteiger charge is 2.17. The Morgan fingerprint density at radius 2 is 1.97 bits per heavy atom. The van der Waals surface area contributed by atoms with E-state index in [0.29, 0.717) is 22.7 Å². The van der Waals surface area contributed by atoms with Crippen molar-refractivity contribution < 1.29 is 14.5 Å². The molecule has 154 valence electrons. The molecule has 0 fully saturated rings. The summed E-state index contributed by atoms with van der Waals surface area (Å²) in [6.45, 7) is 3.78. The molecule has 0 radical (unpaired) electrons. The number of benzene rings is 2. The number of hydrazone groups is 1. The Bertz CT molecular complexity index is 1150. The van der Waals surface area contributed by atoms with Crippen LogP contribution in [0, 0.1) is 24.0 Å². The number of carbonyl (C=O) groups excluding carboxylic acids is 1. The summed E-state index contributed by atoms with van der Waals surface area (Å²) < 4.78 is 7.26. The van der Waals surface area contributed by atoms with Crippen molar-refractivity contribution in [1.82, 2.24) is 9.99 Å². The number of nitrogens with one attached hydrogen (secondary N) is 1. The first-order valence-corrected chi connectivity index (χ1v) is 9.03. The van der Waals surface area contributed by atoms with Crippen molar-refractivity contribution in [3.05, 3.63) is 81.2 Å². The lowest BCUT2D eigenvalue weighted by Gasteiger charge is -2.13. The van der Waals surface area contributed by atoms with Gasteiger partial charge in [-0.15, -0.1) is 0 Å². The fourth-order valence-corrected chi connectivity index (χ4v) is 3.18. The number of methoxy groups -OCH3 is 1. The normalized spacial score (nSPS) is 10.9. The quantitative estimate of drug-likeness (QED) is 0.281. The largest absolute Gasteiger partial charge is 0.494 e. The van der Waals surface area contributed by atoms with E-state index in [-0.39, 0.29) is 5.69 Å². The molecular weight excluding hydrogens is 386 g/mol. The lowest BCUT2D eigenvalue weighted by atomic mass is 10.2. The number of nitrogens with two attached hydrogens (primary N) is 1. The third kappa shape index (κ3) is 4.00. The average molecular weight is 407 g/mol. The first-order valence-electron chi connectivity index (χ1n) is 9.03. The zero-order valence-corrected chi connectivity index (χ0v) is 16.7. The van der Waals surface area contributed by atoms with Crippen LogP contribution in [0.2, 0.25) is 0 Å². The average Bonchev–Trinajstić information content (AvgIpc) is 3.00. The highest BCUT2D eigenvalue weighted by Crippen LogP contribution is 2.31. The van der Waals surface area contributed by atoms with Crippen LogP contribution in [0.25, 0.3) is 5.69 Å². The number of nitrogen functional groups attached to an aromatic ring is 1. The van der Waals surface area contributed by atoms with Crippen LogP contribution in [0.4, 0.5) is 11.4 Å². The summed E-state index contributed by atoms with van der Waals surface area (Å²) in [5.41, 5.74) is 12.1. The summed E-state index contributed by atoms with van der Waals surface area (Å²) in [7, 11) is 1.46. The van der Waals surface area contributed by atoms with Gasteiger partial charge in [0, 0.05) is 28.7 Å². The molecule has 9 nitrogen and oxygen atoms in total. The molecule has 2 aromatic carbocycles. The molecule has 0 aliphatic rings. The van der Waals surface area contributed by atoms with Crippen LogP contribution in [0.15, 0.2) is 53.6 Å². The molecule has 1 amide bonds. The lowest BCUT2D eigenvalue weighted by Crippen LogP contribution is -2.19. The van der Waals surface area contributed by atoms with Gasteiger partial charge in [0.1, 0.15) is 5.75 Å². The second-order valence-corrected chi connectivity index (χ2v) is 6.56. The van der Waals surface area contributed by atoms with Crippen molar-refractivity contribution in [2.75, 3.05) is 12.8 Å². The second kappa shape index (κ2) is 8.48. The van der Waals surface area contributed by atoms with E-state index in [9.17, 15) is 14.9 Å². The number of aromatic nitrogens is 1. The zero-order valence-electron chi connectivity index (χ0n) is 16.7. The van der Waals surface area contributed by atoms with E-state index in [1.165, 1.54) is 25.5 Å². The first kappa shape index (κ1) is 20.6. The molecular formula is C21H21N5O4. The van der Waals surface area contributed by atoms with Gasteiger partial charge in [0.25, 0.3) is 11.6 Å². The van der Waals surface area contributed by atoms with E-state index >= 15 is 0 Å². The molecule has 0 atom stereocenters. The van der Waals surface area contributed by atoms with Gasteiger partial charge in [0.05, 0.1) is 35.6 Å². The maximum atomic E-state index is 12.2. The van der Waals surface area contributed by atoms with E-state index in [0.717, 1.165) is 17.0 Å². The van der Waals surface area contributed by atoms with E-state index < -0.39 is 10.8 Å². The highest BCUT2D eigenvalue weighted by molar-refractivity contribution is 5.99. The van der Waals surface area contributed by atoms with Gasteiger partial charge < -0.3 is 15.0 Å². The molecule has 0 saturated heterocycles. The summed E-state index contributed by atoms with van der Waals surface area (Å²) in [5, 5.41) is 15.1. The van der Waals surface area contributed by atoms with Crippen LogP contribution < -0.4 is 15.9 Å². The number of nitro benzene ring substituents is 1. The smallest absolute Gasteiger partial charge is 0.273 e. The third-order valence-corrected chi connectivity index (χ3v) is 4.66. The Kier molecular flexibility index (Phi) is 5.82. The van der Waals surface area contributed by atoms with Crippen molar-refractivity contribution in [2.24, 2.45) is 5.10 Å². The van der Waals surface area contributed by atoms with Gasteiger partial charge in [-0.3, -0.25) is 14.9 Å². The van der Waals surface area contributed by atoms with Crippen LogP contribution in [-0.2, 0) is 0 Å². The predicted molar refractivity (Wildman–Crippen MR) is 114 cm³/mol. The summed E-state index contributed by atoms with van der Waals surface area (Å²) in [6, 6.07) is 13.1. The van der Waals surface area contributed by atoms with Crippen LogP contribution in [0.1, 0.15) is 27.3 Å². The number of nitrogens with zero attached hydrogens (tertiary/aromatic N) is 3. The predicted octanol–water partition coefficient (Wildman–Crippen LogP) is 3.36. The molecule has 0 bridgehead atoms. The minimum atomic E-state index is -0.470. The van der Waals surface area contributed by atoms with E-state index in [1.54, 1.807) is 30.3 Å². The van der Waals surface area contributed by atoms with Crippen molar-refractivity contribution in [3.8, 4) is 11.4 Å². The Hall–Kier alpha value is -4.14. The SMILES string of the molecule is COc1cc([N+](=O)[O-])ccc1-n1c(C)cc(C=NNC(=O)c2ccccc2N)c1C. The molecule has 0 unspecified atom stereocenters. The fraction of sp³-hybridized carbons (Fsp3) is 0.143. The van der Waals surface area contributed by atoms with Crippen LogP contribution in [0.3, 0.4) is 0 Å². The minimum absolute atomic E-state index is 0.0530. The monoisotopic (exact) mass is 407 g/mol.